The molecule has 0 saturated carbocycles. The molecule has 0 amide bonds. The highest BCUT2D eigenvalue weighted by Crippen LogP contribution is 2.28. The van der Waals surface area contributed by atoms with Gasteiger partial charge < -0.3 is 15.3 Å². The highest BCUT2D eigenvalue weighted by atomic mass is 35.5. The van der Waals surface area contributed by atoms with E-state index >= 15 is 0 Å². The largest absolute Gasteiger partial charge is 0.481 e. The highest BCUT2D eigenvalue weighted by Gasteiger charge is 2.27. The molecule has 0 aliphatic rings. The molecule has 0 bridgehead atoms. The Morgan fingerprint density at radius 3 is 2.58 bits per heavy atom. The fourth-order valence-electron chi connectivity index (χ4n) is 2.22. The Morgan fingerprint density at radius 2 is 2.00 bits per heavy atom. The Balaban J connectivity index is 2.94. The lowest BCUT2D eigenvalue weighted by molar-refractivity contribution is -0.140. The first-order chi connectivity index (χ1) is 11.3. The van der Waals surface area contributed by atoms with Crippen LogP contribution in [0.4, 0.5) is 4.39 Å². The van der Waals surface area contributed by atoms with Gasteiger partial charge in [0.25, 0.3) is 0 Å². The van der Waals surface area contributed by atoms with Crippen molar-refractivity contribution < 1.29 is 24.5 Å². The molecular formula is C17H21Cl2FO4. The molecule has 0 aliphatic heterocycles. The van der Waals surface area contributed by atoms with Gasteiger partial charge >= 0.3 is 5.97 Å². The Kier molecular flexibility index (Phi) is 8.70. The maximum absolute atomic E-state index is 13.9. The van der Waals surface area contributed by atoms with Crippen molar-refractivity contribution in [3.05, 3.63) is 39.4 Å². The minimum absolute atomic E-state index is 0.374. The number of carboxylic acids is 1. The van der Waals surface area contributed by atoms with Crippen molar-refractivity contribution in [2.75, 3.05) is 0 Å². The van der Waals surface area contributed by atoms with Crippen LogP contribution in [0.1, 0.15) is 37.3 Å². The van der Waals surface area contributed by atoms with Crippen LogP contribution in [-0.4, -0.2) is 39.7 Å². The van der Waals surface area contributed by atoms with E-state index in [4.69, 9.17) is 28.3 Å². The van der Waals surface area contributed by atoms with Crippen LogP contribution in [-0.2, 0) is 11.2 Å². The summed E-state index contributed by atoms with van der Waals surface area (Å²) in [5.74, 6) is -1.34. The van der Waals surface area contributed by atoms with Crippen molar-refractivity contribution in [1.29, 1.82) is 0 Å². The van der Waals surface area contributed by atoms with Gasteiger partial charge in [0, 0.05) is 10.0 Å². The third-order valence-corrected chi connectivity index (χ3v) is 4.05. The van der Waals surface area contributed by atoms with Gasteiger partial charge in [-0.15, -0.1) is 0 Å². The number of aliphatic hydroxyl groups is 2. The molecule has 0 aliphatic carbocycles. The van der Waals surface area contributed by atoms with E-state index in [2.05, 4.69) is 0 Å². The molecule has 3 N–H and O–H groups in total. The van der Waals surface area contributed by atoms with Crippen LogP contribution in [0.5, 0.6) is 0 Å². The van der Waals surface area contributed by atoms with Crippen LogP contribution < -0.4 is 0 Å². The quantitative estimate of drug-likeness (QED) is 0.609. The van der Waals surface area contributed by atoms with Crippen molar-refractivity contribution >= 4 is 35.2 Å². The van der Waals surface area contributed by atoms with Gasteiger partial charge in [-0.2, -0.15) is 0 Å². The summed E-state index contributed by atoms with van der Waals surface area (Å²) in [5, 5.41) is 28.6. The molecule has 134 valence electrons. The first kappa shape index (κ1) is 20.9. The molecule has 0 fully saturated rings. The van der Waals surface area contributed by atoms with Gasteiger partial charge in [0.05, 0.1) is 12.5 Å². The fraction of sp³-hybridized carbons (Fsp3) is 0.471. The summed E-state index contributed by atoms with van der Waals surface area (Å²) in [6.45, 7) is 2.04. The average molecular weight is 379 g/mol. The van der Waals surface area contributed by atoms with Gasteiger partial charge in [-0.3, -0.25) is 4.79 Å². The molecule has 7 heteroatoms. The van der Waals surface area contributed by atoms with Gasteiger partial charge in [-0.05, 0) is 36.1 Å². The maximum Gasteiger partial charge on any atom is 0.306 e. The van der Waals surface area contributed by atoms with Gasteiger partial charge in [0.15, 0.2) is 6.17 Å². The summed E-state index contributed by atoms with van der Waals surface area (Å²) in [5.41, 5.74) is 1.49. The molecule has 0 heterocycles. The van der Waals surface area contributed by atoms with Crippen LogP contribution >= 0.6 is 23.2 Å². The number of aliphatic hydroxyl groups excluding tert-OH is 2. The predicted molar refractivity (Wildman–Crippen MR) is 93.3 cm³/mol. The standard InChI is InChI=1S/C17H21Cl2FO4/c1-2-3-4-10-7-11(18)8-13(19)12(10)5-6-14(21)17(20)15(22)9-16(23)24/h5-8,14-15,17,21-22H,2-4,9H2,1H3,(H,23,24)/t14-,15+,17+/m1/s1. The smallest absolute Gasteiger partial charge is 0.306 e. The number of aryl methyl sites for hydroxylation is 1. The fourth-order valence-corrected chi connectivity index (χ4v) is 2.82. The van der Waals surface area contributed by atoms with E-state index in [1.807, 2.05) is 6.92 Å². The Morgan fingerprint density at radius 1 is 1.33 bits per heavy atom. The summed E-state index contributed by atoms with van der Waals surface area (Å²) in [6, 6.07) is 3.32. The van der Waals surface area contributed by atoms with Crippen molar-refractivity contribution in [2.24, 2.45) is 0 Å². The lowest BCUT2D eigenvalue weighted by atomic mass is 10.00. The van der Waals surface area contributed by atoms with Crippen LogP contribution in [0, 0.1) is 0 Å². The topological polar surface area (TPSA) is 77.8 Å². The van der Waals surface area contributed by atoms with Crippen molar-refractivity contribution in [3.63, 3.8) is 0 Å². The third kappa shape index (κ3) is 6.40. The van der Waals surface area contributed by atoms with E-state index in [1.54, 1.807) is 12.1 Å². The van der Waals surface area contributed by atoms with Gasteiger partial charge in [0.2, 0.25) is 0 Å². The SMILES string of the molecule is CCCCc1cc(Cl)cc(Cl)c1C=C[C@@H](O)[C@H](F)[C@@H](O)CC(=O)O. The van der Waals surface area contributed by atoms with E-state index in [9.17, 15) is 19.4 Å². The molecule has 1 aromatic rings. The minimum Gasteiger partial charge on any atom is -0.481 e. The Bertz CT molecular complexity index is 592. The summed E-state index contributed by atoms with van der Waals surface area (Å²) < 4.78 is 13.9. The molecule has 3 atom stereocenters. The zero-order valence-corrected chi connectivity index (χ0v) is 14.8. The highest BCUT2D eigenvalue weighted by molar-refractivity contribution is 6.35. The minimum atomic E-state index is -2.11. The van der Waals surface area contributed by atoms with Crippen LogP contribution in [0.25, 0.3) is 6.08 Å². The second-order valence-electron chi connectivity index (χ2n) is 5.52. The van der Waals surface area contributed by atoms with Crippen LogP contribution in [0.3, 0.4) is 0 Å². The van der Waals surface area contributed by atoms with Crippen molar-refractivity contribution in [2.45, 2.75) is 51.0 Å². The number of halogens is 3. The van der Waals surface area contributed by atoms with E-state index in [0.29, 0.717) is 15.6 Å². The van der Waals surface area contributed by atoms with E-state index < -0.39 is 30.8 Å². The summed E-state index contributed by atoms with van der Waals surface area (Å²) in [6.07, 6.45) is -1.08. The van der Waals surface area contributed by atoms with Crippen molar-refractivity contribution in [1.82, 2.24) is 0 Å². The molecule has 0 spiro atoms. The molecule has 0 saturated heterocycles. The van der Waals surface area contributed by atoms with Crippen molar-refractivity contribution in [3.8, 4) is 0 Å². The molecule has 24 heavy (non-hydrogen) atoms. The Hall–Kier alpha value is -1.14. The summed E-state index contributed by atoms with van der Waals surface area (Å²) in [7, 11) is 0. The Labute approximate surface area is 150 Å². The summed E-state index contributed by atoms with van der Waals surface area (Å²) >= 11 is 12.2. The molecule has 0 radical (unpaired) electrons. The number of aliphatic carboxylic acids is 1. The zero-order chi connectivity index (χ0) is 18.3. The number of carbonyl (C=O) groups is 1. The lowest BCUT2D eigenvalue weighted by Gasteiger charge is -2.17. The first-order valence-corrected chi connectivity index (χ1v) is 8.40. The number of alkyl halides is 1. The zero-order valence-electron chi connectivity index (χ0n) is 13.3. The average Bonchev–Trinajstić information content (AvgIpc) is 2.49. The molecule has 4 nitrogen and oxygen atoms in total. The number of unbranched alkanes of at least 4 members (excludes halogenated alkanes) is 1. The van der Waals surface area contributed by atoms with Gasteiger partial charge in [-0.25, -0.2) is 4.39 Å². The lowest BCUT2D eigenvalue weighted by Crippen LogP contribution is -2.34. The number of benzene rings is 1. The second-order valence-corrected chi connectivity index (χ2v) is 6.37. The first-order valence-electron chi connectivity index (χ1n) is 7.64. The molecule has 0 unspecified atom stereocenters. The maximum atomic E-state index is 13.9. The molecule has 0 aromatic heterocycles. The third-order valence-electron chi connectivity index (χ3n) is 3.52. The van der Waals surface area contributed by atoms with Crippen LogP contribution in [0.15, 0.2) is 18.2 Å². The predicted octanol–water partition coefficient (Wildman–Crippen LogP) is 3.88. The van der Waals surface area contributed by atoms with Gasteiger partial charge in [-0.1, -0.05) is 48.7 Å². The van der Waals surface area contributed by atoms with Crippen LogP contribution in [0.2, 0.25) is 10.0 Å². The normalized spacial score (nSPS) is 15.4. The number of hydrogen-bond acceptors (Lipinski definition) is 3. The van der Waals surface area contributed by atoms with E-state index in [1.165, 1.54) is 6.08 Å². The number of carboxylic acid groups (broad SMARTS) is 1. The van der Waals surface area contributed by atoms with E-state index in [-0.39, 0.29) is 0 Å². The summed E-state index contributed by atoms with van der Waals surface area (Å²) in [4.78, 5) is 10.5. The van der Waals surface area contributed by atoms with E-state index in [0.717, 1.165) is 30.9 Å². The second kappa shape index (κ2) is 9.99. The molecule has 1 rings (SSSR count). The molecule has 1 aromatic carbocycles. The van der Waals surface area contributed by atoms with Gasteiger partial charge in [0.1, 0.15) is 6.10 Å². The number of rotatable bonds is 9. The molecular weight excluding hydrogens is 358 g/mol. The number of hydrogen-bond donors (Lipinski definition) is 3. The monoisotopic (exact) mass is 378 g/mol.